The van der Waals surface area contributed by atoms with Gasteiger partial charge in [-0.1, -0.05) is 50.2 Å². The second kappa shape index (κ2) is 7.37. The van der Waals surface area contributed by atoms with Crippen molar-refractivity contribution in [1.29, 1.82) is 0 Å². The highest BCUT2D eigenvalue weighted by Crippen LogP contribution is 2.39. The molecule has 0 saturated carbocycles. The van der Waals surface area contributed by atoms with E-state index in [2.05, 4.69) is 58.5 Å². The van der Waals surface area contributed by atoms with Gasteiger partial charge in [0.15, 0.2) is 0 Å². The van der Waals surface area contributed by atoms with Gasteiger partial charge in [0, 0.05) is 28.8 Å². The molecule has 1 aliphatic carbocycles. The van der Waals surface area contributed by atoms with Crippen LogP contribution in [-0.2, 0) is 11.2 Å². The molecule has 27 heavy (non-hydrogen) atoms. The molecule has 3 aromatic rings. The fourth-order valence-electron chi connectivity index (χ4n) is 3.67. The van der Waals surface area contributed by atoms with Crippen LogP contribution in [-0.4, -0.2) is 40.6 Å². The number of amides is 1. The summed E-state index contributed by atoms with van der Waals surface area (Å²) in [6.45, 7) is 6.28. The lowest BCUT2D eigenvalue weighted by Crippen LogP contribution is -2.32. The number of fused-ring (bicyclic) bond motifs is 3. The van der Waals surface area contributed by atoms with Crippen molar-refractivity contribution in [2.75, 3.05) is 25.0 Å². The molecule has 2 N–H and O–H groups in total. The number of likely N-dealkylation sites (N-methyl/N-ethyl adjacent to an activating group) is 1. The van der Waals surface area contributed by atoms with Crippen LogP contribution in [0.25, 0.3) is 22.5 Å². The molecular formula is C22H24N4O. The lowest BCUT2D eigenvalue weighted by molar-refractivity contribution is -0.117. The van der Waals surface area contributed by atoms with Gasteiger partial charge in [0.2, 0.25) is 5.91 Å². The Bertz CT molecular complexity index is 955. The summed E-state index contributed by atoms with van der Waals surface area (Å²) in [6, 6.07) is 16.4. The van der Waals surface area contributed by atoms with Crippen LogP contribution in [0.2, 0.25) is 0 Å². The number of nitrogens with one attached hydrogen (secondary N) is 2. The number of rotatable bonds is 6. The summed E-state index contributed by atoms with van der Waals surface area (Å²) in [5.74, 6) is 0.0163. The number of hydrogen-bond donors (Lipinski definition) is 2. The van der Waals surface area contributed by atoms with Crippen molar-refractivity contribution in [3.05, 3.63) is 59.7 Å². The number of carbonyl (C=O) groups is 1. The first kappa shape index (κ1) is 17.5. The first-order valence-electron chi connectivity index (χ1n) is 9.47. The Morgan fingerprint density at radius 1 is 1.11 bits per heavy atom. The molecule has 0 fully saturated rings. The molecule has 5 nitrogen and oxygen atoms in total. The normalized spacial score (nSPS) is 12.1. The van der Waals surface area contributed by atoms with Crippen LogP contribution in [0.4, 0.5) is 5.69 Å². The highest BCUT2D eigenvalue weighted by molar-refractivity contribution is 5.92. The van der Waals surface area contributed by atoms with Gasteiger partial charge in [0.1, 0.15) is 0 Å². The van der Waals surface area contributed by atoms with E-state index in [-0.39, 0.29) is 5.91 Å². The zero-order chi connectivity index (χ0) is 18.8. The standard InChI is InChI=1S/C22H24N4O/c1-3-26(4-2)14-20(27)23-17-11-9-15(10-12-17)21-19-13-16-7-5-6-8-18(16)22(19)25-24-21/h5-12H,3-4,13-14H2,1-2H3,(H,23,27)(H,24,25). The Balaban J connectivity index is 1.50. The van der Waals surface area contributed by atoms with Crippen LogP contribution in [0.15, 0.2) is 48.5 Å². The number of aromatic nitrogens is 2. The van der Waals surface area contributed by atoms with E-state index in [9.17, 15) is 4.79 Å². The maximum atomic E-state index is 12.2. The van der Waals surface area contributed by atoms with Crippen LogP contribution in [0.1, 0.15) is 25.0 Å². The molecule has 0 bridgehead atoms. The zero-order valence-electron chi connectivity index (χ0n) is 15.7. The lowest BCUT2D eigenvalue weighted by Gasteiger charge is -2.17. The van der Waals surface area contributed by atoms with E-state index in [1.165, 1.54) is 16.7 Å². The Kier molecular flexibility index (Phi) is 4.77. The SMILES string of the molecule is CCN(CC)CC(=O)Nc1ccc(-c2n[nH]c3c2Cc2ccccc2-3)cc1. The predicted molar refractivity (Wildman–Crippen MR) is 109 cm³/mol. The van der Waals surface area contributed by atoms with E-state index in [1.807, 2.05) is 24.3 Å². The summed E-state index contributed by atoms with van der Waals surface area (Å²) in [7, 11) is 0. The van der Waals surface area contributed by atoms with Crippen LogP contribution >= 0.6 is 0 Å². The van der Waals surface area contributed by atoms with Gasteiger partial charge in [-0.25, -0.2) is 0 Å². The lowest BCUT2D eigenvalue weighted by atomic mass is 10.1. The molecule has 1 aliphatic rings. The zero-order valence-corrected chi connectivity index (χ0v) is 15.7. The van der Waals surface area contributed by atoms with Crippen LogP contribution in [0.3, 0.4) is 0 Å². The third kappa shape index (κ3) is 3.38. The number of carbonyl (C=O) groups excluding carboxylic acids is 1. The fraction of sp³-hybridized carbons (Fsp3) is 0.273. The van der Waals surface area contributed by atoms with E-state index in [4.69, 9.17) is 0 Å². The molecule has 0 saturated heterocycles. The molecule has 4 rings (SSSR count). The molecule has 0 aliphatic heterocycles. The van der Waals surface area contributed by atoms with Crippen LogP contribution in [0, 0.1) is 0 Å². The summed E-state index contributed by atoms with van der Waals surface area (Å²) < 4.78 is 0. The smallest absolute Gasteiger partial charge is 0.238 e. The maximum absolute atomic E-state index is 12.2. The van der Waals surface area contributed by atoms with E-state index >= 15 is 0 Å². The minimum atomic E-state index is 0.0163. The Morgan fingerprint density at radius 3 is 2.59 bits per heavy atom. The number of benzene rings is 2. The molecule has 1 amide bonds. The van der Waals surface area contributed by atoms with Crippen molar-refractivity contribution >= 4 is 11.6 Å². The van der Waals surface area contributed by atoms with E-state index < -0.39 is 0 Å². The summed E-state index contributed by atoms with van der Waals surface area (Å²) in [5.41, 5.74) is 7.80. The Hall–Kier alpha value is -2.92. The van der Waals surface area contributed by atoms with Crippen molar-refractivity contribution in [1.82, 2.24) is 15.1 Å². The van der Waals surface area contributed by atoms with E-state index in [0.29, 0.717) is 6.54 Å². The first-order valence-corrected chi connectivity index (χ1v) is 9.47. The van der Waals surface area contributed by atoms with E-state index in [1.54, 1.807) is 0 Å². The average molecular weight is 360 g/mol. The molecule has 0 atom stereocenters. The second-order valence-corrected chi connectivity index (χ2v) is 6.85. The molecule has 5 heteroatoms. The molecule has 0 radical (unpaired) electrons. The van der Waals surface area contributed by atoms with E-state index in [0.717, 1.165) is 42.1 Å². The molecule has 0 unspecified atom stereocenters. The molecule has 1 heterocycles. The summed E-state index contributed by atoms with van der Waals surface area (Å²) in [4.78, 5) is 14.3. The summed E-state index contributed by atoms with van der Waals surface area (Å²) in [6.07, 6.45) is 0.902. The minimum absolute atomic E-state index is 0.0163. The third-order valence-electron chi connectivity index (χ3n) is 5.22. The van der Waals surface area contributed by atoms with Crippen LogP contribution < -0.4 is 5.32 Å². The molecule has 2 aromatic carbocycles. The first-order chi connectivity index (χ1) is 13.2. The number of H-pyrrole nitrogens is 1. The molecule has 1 aromatic heterocycles. The van der Waals surface area contributed by atoms with Crippen molar-refractivity contribution in [3.8, 4) is 22.5 Å². The minimum Gasteiger partial charge on any atom is -0.325 e. The topological polar surface area (TPSA) is 61.0 Å². The van der Waals surface area contributed by atoms with Gasteiger partial charge in [0.25, 0.3) is 0 Å². The van der Waals surface area contributed by atoms with Gasteiger partial charge in [0.05, 0.1) is 17.9 Å². The van der Waals surface area contributed by atoms with Gasteiger partial charge in [-0.05, 0) is 30.8 Å². The number of hydrogen-bond acceptors (Lipinski definition) is 3. The number of nitrogens with zero attached hydrogens (tertiary/aromatic N) is 2. The summed E-state index contributed by atoms with van der Waals surface area (Å²) in [5, 5.41) is 10.7. The predicted octanol–water partition coefficient (Wildman–Crippen LogP) is 3.93. The van der Waals surface area contributed by atoms with Crippen molar-refractivity contribution in [3.63, 3.8) is 0 Å². The average Bonchev–Trinajstić information content (AvgIpc) is 3.26. The van der Waals surface area contributed by atoms with Crippen molar-refractivity contribution in [2.45, 2.75) is 20.3 Å². The van der Waals surface area contributed by atoms with Crippen LogP contribution in [0.5, 0.6) is 0 Å². The van der Waals surface area contributed by atoms with Gasteiger partial charge in [-0.15, -0.1) is 0 Å². The second-order valence-electron chi connectivity index (χ2n) is 6.85. The fourth-order valence-corrected chi connectivity index (χ4v) is 3.67. The number of aromatic amines is 1. The van der Waals surface area contributed by atoms with Crippen molar-refractivity contribution in [2.24, 2.45) is 0 Å². The molecule has 138 valence electrons. The van der Waals surface area contributed by atoms with Crippen molar-refractivity contribution < 1.29 is 4.79 Å². The Labute approximate surface area is 159 Å². The van der Waals surface area contributed by atoms with Gasteiger partial charge in [-0.2, -0.15) is 5.10 Å². The largest absolute Gasteiger partial charge is 0.325 e. The Morgan fingerprint density at radius 2 is 1.85 bits per heavy atom. The monoisotopic (exact) mass is 360 g/mol. The highest BCUT2D eigenvalue weighted by atomic mass is 16.2. The highest BCUT2D eigenvalue weighted by Gasteiger charge is 2.24. The molecular weight excluding hydrogens is 336 g/mol. The van der Waals surface area contributed by atoms with Gasteiger partial charge in [-0.3, -0.25) is 14.8 Å². The third-order valence-corrected chi connectivity index (χ3v) is 5.22. The summed E-state index contributed by atoms with van der Waals surface area (Å²) >= 11 is 0. The number of anilines is 1. The maximum Gasteiger partial charge on any atom is 0.238 e. The quantitative estimate of drug-likeness (QED) is 0.548. The molecule has 0 spiro atoms. The van der Waals surface area contributed by atoms with Gasteiger partial charge >= 0.3 is 0 Å². The van der Waals surface area contributed by atoms with Gasteiger partial charge < -0.3 is 5.32 Å².